The van der Waals surface area contributed by atoms with Crippen molar-refractivity contribution in [3.8, 4) is 0 Å². The Morgan fingerprint density at radius 1 is 1.73 bits per heavy atom. The van der Waals surface area contributed by atoms with E-state index in [1.807, 2.05) is 0 Å². The largest absolute Gasteiger partial charge is 0.397 e. The van der Waals surface area contributed by atoms with Crippen molar-refractivity contribution in [1.82, 2.24) is 0 Å². The third-order valence-electron chi connectivity index (χ3n) is 3.45. The Morgan fingerprint density at radius 2 is 2.45 bits per heavy atom. The molecule has 2 aliphatic rings. The zero-order valence-electron chi connectivity index (χ0n) is 7.08. The first-order valence-corrected chi connectivity index (χ1v) is 4.34. The molecule has 0 aromatic carbocycles. The lowest BCUT2D eigenvalue weighted by atomic mass is 9.87. The van der Waals surface area contributed by atoms with Gasteiger partial charge < -0.3 is 15.2 Å². The molecule has 3 nitrogen and oxygen atoms in total. The topological polar surface area (TPSA) is 46.2 Å². The zero-order chi connectivity index (χ0) is 8.11. The summed E-state index contributed by atoms with van der Waals surface area (Å²) >= 11 is 0. The van der Waals surface area contributed by atoms with Crippen LogP contribution in [0.15, 0.2) is 0 Å². The number of hydrogen-bond donors (Lipinski definition) is 2. The molecule has 11 heavy (non-hydrogen) atoms. The van der Waals surface area contributed by atoms with Crippen LogP contribution in [0.4, 0.5) is 0 Å². The van der Waals surface area contributed by atoms with E-state index in [2.05, 4.69) is 7.98 Å². The number of fused-ring (bicyclic) bond motifs is 2. The van der Waals surface area contributed by atoms with Crippen molar-refractivity contribution in [3.05, 3.63) is 0 Å². The van der Waals surface area contributed by atoms with Crippen LogP contribution >= 0.6 is 0 Å². The molecule has 0 saturated carbocycles. The zero-order valence-corrected chi connectivity index (χ0v) is 7.08. The van der Waals surface area contributed by atoms with E-state index in [0.717, 1.165) is 23.9 Å². The fourth-order valence-electron chi connectivity index (χ4n) is 2.79. The first-order chi connectivity index (χ1) is 5.08. The fraction of sp³-hybridized carbons (Fsp3) is 1.00. The highest BCUT2D eigenvalue weighted by Crippen LogP contribution is 2.39. The maximum atomic E-state index is 10.0. The van der Waals surface area contributed by atoms with E-state index in [-0.39, 0.29) is 0 Å². The van der Waals surface area contributed by atoms with E-state index >= 15 is 0 Å². The summed E-state index contributed by atoms with van der Waals surface area (Å²) in [7, 11) is 2.22. The third kappa shape index (κ3) is 0.933. The van der Waals surface area contributed by atoms with Gasteiger partial charge in [0.05, 0.1) is 19.6 Å². The lowest BCUT2D eigenvalue weighted by Crippen LogP contribution is -2.53. The molecule has 2 saturated heterocycles. The van der Waals surface area contributed by atoms with E-state index in [1.165, 1.54) is 6.54 Å². The van der Waals surface area contributed by atoms with Gasteiger partial charge >= 0.3 is 7.98 Å². The van der Waals surface area contributed by atoms with Crippen molar-refractivity contribution in [3.63, 3.8) is 0 Å². The standard InChI is InChI=1S/C7H16BN2O/c8-10-2-1-6(3-10)7(11,4-9)5-10/h6,11H,1-5,8-9H2/q+1/t6-,7-,10-/m0/s1. The monoisotopic (exact) mass is 155 g/mol. The molecule has 2 bridgehead atoms. The fourth-order valence-corrected chi connectivity index (χ4v) is 2.79. The minimum atomic E-state index is -0.535. The predicted molar refractivity (Wildman–Crippen MR) is 45.5 cm³/mol. The molecule has 0 amide bonds. The van der Waals surface area contributed by atoms with Gasteiger partial charge in [0.2, 0.25) is 0 Å². The summed E-state index contributed by atoms with van der Waals surface area (Å²) in [6, 6.07) is 0. The van der Waals surface area contributed by atoms with Crippen LogP contribution in [-0.4, -0.2) is 49.3 Å². The van der Waals surface area contributed by atoms with Crippen LogP contribution in [-0.2, 0) is 0 Å². The molecule has 3 atom stereocenters. The number of aliphatic hydroxyl groups is 1. The molecule has 4 heteroatoms. The lowest BCUT2D eigenvalue weighted by Gasteiger charge is -2.34. The van der Waals surface area contributed by atoms with Gasteiger partial charge in [-0.15, -0.1) is 0 Å². The summed E-state index contributed by atoms with van der Waals surface area (Å²) in [6.45, 7) is 3.67. The highest BCUT2D eigenvalue weighted by molar-refractivity contribution is 5.97. The third-order valence-corrected chi connectivity index (χ3v) is 3.45. The second kappa shape index (κ2) is 2.00. The van der Waals surface area contributed by atoms with E-state index in [4.69, 9.17) is 5.73 Å². The van der Waals surface area contributed by atoms with Crippen LogP contribution < -0.4 is 5.73 Å². The van der Waals surface area contributed by atoms with Crippen LogP contribution in [0.3, 0.4) is 0 Å². The summed E-state index contributed by atoms with van der Waals surface area (Å²) in [5.41, 5.74) is 5.02. The van der Waals surface area contributed by atoms with Crippen molar-refractivity contribution >= 4 is 7.98 Å². The number of nitrogens with zero attached hydrogens (tertiary/aromatic N) is 1. The number of hydrogen-bond acceptors (Lipinski definition) is 2. The molecular formula is C7H16BN2O+. The summed E-state index contributed by atoms with van der Waals surface area (Å²) in [5.74, 6) is 0.470. The van der Waals surface area contributed by atoms with Crippen molar-refractivity contribution in [1.29, 1.82) is 0 Å². The molecule has 0 spiro atoms. The summed E-state index contributed by atoms with van der Waals surface area (Å²) in [6.07, 6.45) is 1.16. The van der Waals surface area contributed by atoms with E-state index in [9.17, 15) is 5.11 Å². The normalized spacial score (nSPS) is 55.3. The highest BCUT2D eigenvalue weighted by atomic mass is 16.3. The van der Waals surface area contributed by atoms with Crippen LogP contribution in [0.1, 0.15) is 6.42 Å². The van der Waals surface area contributed by atoms with Gasteiger partial charge in [-0.05, 0) is 0 Å². The van der Waals surface area contributed by atoms with Gasteiger partial charge in [0.1, 0.15) is 5.60 Å². The van der Waals surface area contributed by atoms with Crippen LogP contribution in [0.25, 0.3) is 0 Å². The number of piperidine rings is 1. The molecule has 2 aliphatic heterocycles. The number of rotatable bonds is 1. The quantitative estimate of drug-likeness (QED) is 0.433. The number of quaternary nitrogens is 1. The molecule has 3 N–H and O–H groups in total. The average Bonchev–Trinajstić information content (AvgIpc) is 2.41. The molecular weight excluding hydrogens is 139 g/mol. The molecule has 0 aromatic rings. The minimum Gasteiger partial charge on any atom is -0.397 e. The average molecular weight is 155 g/mol. The predicted octanol–water partition coefficient (Wildman–Crippen LogP) is -1.93. The Kier molecular flexibility index (Phi) is 1.38. The summed E-state index contributed by atoms with van der Waals surface area (Å²) in [5, 5.41) is 10.0. The molecule has 0 radical (unpaired) electrons. The first kappa shape index (κ1) is 7.59. The highest BCUT2D eigenvalue weighted by Gasteiger charge is 2.56. The van der Waals surface area contributed by atoms with Crippen molar-refractivity contribution in [2.45, 2.75) is 12.0 Å². The van der Waals surface area contributed by atoms with Gasteiger partial charge in [-0.3, -0.25) is 0 Å². The van der Waals surface area contributed by atoms with E-state index in [1.54, 1.807) is 0 Å². The van der Waals surface area contributed by atoms with Crippen molar-refractivity contribution in [2.75, 3.05) is 26.2 Å². The maximum Gasteiger partial charge on any atom is 0.372 e. The second-order valence-corrected chi connectivity index (χ2v) is 4.48. The smallest absolute Gasteiger partial charge is 0.372 e. The first-order valence-electron chi connectivity index (χ1n) is 4.34. The summed E-state index contributed by atoms with van der Waals surface area (Å²) in [4.78, 5) is 0. The van der Waals surface area contributed by atoms with Gasteiger partial charge in [-0.2, -0.15) is 0 Å². The van der Waals surface area contributed by atoms with Crippen LogP contribution in [0.2, 0.25) is 0 Å². The maximum absolute atomic E-state index is 10.0. The number of nitrogens with two attached hydrogens (primary N) is 1. The van der Waals surface area contributed by atoms with Crippen LogP contribution in [0, 0.1) is 5.92 Å². The molecule has 0 aliphatic carbocycles. The second-order valence-electron chi connectivity index (χ2n) is 4.48. The van der Waals surface area contributed by atoms with E-state index in [0.29, 0.717) is 12.5 Å². The van der Waals surface area contributed by atoms with Gasteiger partial charge in [-0.25, -0.2) is 0 Å². The van der Waals surface area contributed by atoms with Crippen molar-refractivity contribution in [2.24, 2.45) is 11.7 Å². The molecule has 62 valence electrons. The summed E-state index contributed by atoms with van der Waals surface area (Å²) < 4.78 is 1.04. The van der Waals surface area contributed by atoms with Crippen LogP contribution in [0.5, 0.6) is 0 Å². The Bertz CT molecular complexity index is 189. The van der Waals surface area contributed by atoms with E-state index < -0.39 is 5.60 Å². The molecule has 0 aromatic heterocycles. The van der Waals surface area contributed by atoms with Gasteiger partial charge in [0.25, 0.3) is 0 Å². The Labute approximate surface area is 68.2 Å². The molecule has 2 heterocycles. The van der Waals surface area contributed by atoms with Gasteiger partial charge in [0, 0.05) is 18.9 Å². The molecule has 0 unspecified atom stereocenters. The Morgan fingerprint density at radius 3 is 2.73 bits per heavy atom. The molecule has 2 rings (SSSR count). The van der Waals surface area contributed by atoms with Gasteiger partial charge in [-0.1, -0.05) is 0 Å². The Balaban J connectivity index is 2.21. The molecule has 2 fully saturated rings. The SMILES string of the molecule is B[N@@+]12CC[C@@H](C1)[C@](O)(CN)C2. The lowest BCUT2D eigenvalue weighted by molar-refractivity contribution is -0.798. The van der Waals surface area contributed by atoms with Gasteiger partial charge in [0.15, 0.2) is 0 Å². The van der Waals surface area contributed by atoms with Crippen molar-refractivity contribution < 1.29 is 9.50 Å². The Hall–Kier alpha value is -0.0551. The minimum absolute atomic E-state index is 0.436.